The average Bonchev–Trinajstić information content (AvgIpc) is 3.15. The van der Waals surface area contributed by atoms with Gasteiger partial charge in [0.15, 0.2) is 0 Å². The Morgan fingerprint density at radius 1 is 1.05 bits per heavy atom. The summed E-state index contributed by atoms with van der Waals surface area (Å²) in [6.45, 7) is 4.44. The first-order valence-electron chi connectivity index (χ1n) is 13.8. The predicted molar refractivity (Wildman–Crippen MR) is 146 cm³/mol. The summed E-state index contributed by atoms with van der Waals surface area (Å²) in [6, 6.07) is 14.3. The third-order valence-electron chi connectivity index (χ3n) is 9.58. The van der Waals surface area contributed by atoms with Crippen LogP contribution in [0.4, 0.5) is 0 Å². The van der Waals surface area contributed by atoms with Crippen molar-refractivity contribution in [3.05, 3.63) is 69.2 Å². The molecular formula is C30H36Cl2N2O3. The van der Waals surface area contributed by atoms with E-state index in [9.17, 15) is 9.90 Å². The zero-order chi connectivity index (χ0) is 25.6. The summed E-state index contributed by atoms with van der Waals surface area (Å²) in [5.74, 6) is 0.441. The highest BCUT2D eigenvalue weighted by Crippen LogP contribution is 2.47. The summed E-state index contributed by atoms with van der Waals surface area (Å²) in [6.07, 6.45) is 6.29. The van der Waals surface area contributed by atoms with Crippen molar-refractivity contribution < 1.29 is 14.6 Å². The summed E-state index contributed by atoms with van der Waals surface area (Å²) in [7, 11) is 0. The van der Waals surface area contributed by atoms with Gasteiger partial charge in [0.25, 0.3) is 0 Å². The number of carbonyl (C=O) groups excluding carboxylic acids is 1. The first-order chi connectivity index (χ1) is 17.9. The first kappa shape index (κ1) is 25.6. The number of aliphatic hydroxyl groups is 1. The molecule has 2 saturated heterocycles. The Balaban J connectivity index is 1.19. The van der Waals surface area contributed by atoms with Gasteiger partial charge < -0.3 is 19.6 Å². The molecule has 6 rings (SSSR count). The van der Waals surface area contributed by atoms with Gasteiger partial charge in [-0.25, -0.2) is 0 Å². The minimum atomic E-state index is -0.611. The molecule has 2 aromatic carbocycles. The van der Waals surface area contributed by atoms with E-state index in [1.165, 1.54) is 11.1 Å². The van der Waals surface area contributed by atoms with E-state index in [0.29, 0.717) is 29.7 Å². The molecule has 0 bridgehead atoms. The standard InChI is InChI=1S/C30H36Cl2N2O3/c31-25-9-8-23(19-26(25)32)30(20-34(16-17-37-30)28(36)21-5-3-6-21)12-15-33-13-10-29(11-14-33)24-7-2-1-4-22(24)18-27(29)35/h1-2,4,7-9,19,21,27,35H,3,5-6,10-18,20H2/t27?,30-/m0/s1. The van der Waals surface area contributed by atoms with Gasteiger partial charge in [-0.1, -0.05) is 60.0 Å². The van der Waals surface area contributed by atoms with Crippen LogP contribution in [0.5, 0.6) is 0 Å². The van der Waals surface area contributed by atoms with E-state index in [1.807, 2.05) is 23.1 Å². The van der Waals surface area contributed by atoms with Crippen LogP contribution in [0.15, 0.2) is 42.5 Å². The van der Waals surface area contributed by atoms with E-state index in [4.69, 9.17) is 27.9 Å². The van der Waals surface area contributed by atoms with Crippen LogP contribution in [0.3, 0.4) is 0 Å². The molecule has 7 heteroatoms. The number of rotatable bonds is 5. The van der Waals surface area contributed by atoms with Crippen LogP contribution in [0, 0.1) is 5.92 Å². The number of aliphatic hydroxyl groups excluding tert-OH is 1. The second kappa shape index (κ2) is 10.2. The topological polar surface area (TPSA) is 53.0 Å². The second-order valence-corrected chi connectivity index (χ2v) is 12.3. The lowest BCUT2D eigenvalue weighted by Gasteiger charge is -2.47. The van der Waals surface area contributed by atoms with Crippen molar-refractivity contribution in [3.63, 3.8) is 0 Å². The van der Waals surface area contributed by atoms with Crippen LogP contribution in [0.2, 0.25) is 10.0 Å². The largest absolute Gasteiger partial charge is 0.392 e. The molecule has 2 aromatic rings. The van der Waals surface area contributed by atoms with E-state index < -0.39 is 5.60 Å². The lowest BCUT2D eigenvalue weighted by atomic mass is 9.72. The molecule has 2 aliphatic carbocycles. The molecule has 3 fully saturated rings. The normalized spacial score (nSPS) is 27.8. The second-order valence-electron chi connectivity index (χ2n) is 11.5. The van der Waals surface area contributed by atoms with E-state index in [2.05, 4.69) is 29.2 Å². The van der Waals surface area contributed by atoms with Crippen LogP contribution in [0.25, 0.3) is 0 Å². The number of likely N-dealkylation sites (tertiary alicyclic amines) is 1. The lowest BCUT2D eigenvalue weighted by Crippen LogP contribution is -2.55. The van der Waals surface area contributed by atoms with Gasteiger partial charge in [0.05, 0.1) is 29.3 Å². The molecule has 2 atom stereocenters. The summed E-state index contributed by atoms with van der Waals surface area (Å²) in [4.78, 5) is 17.7. The quantitative estimate of drug-likeness (QED) is 0.564. The Labute approximate surface area is 229 Å². The number of morpholine rings is 1. The molecule has 1 saturated carbocycles. The van der Waals surface area contributed by atoms with Crippen molar-refractivity contribution >= 4 is 29.1 Å². The van der Waals surface area contributed by atoms with Crippen molar-refractivity contribution in [1.29, 1.82) is 0 Å². The number of amides is 1. The number of nitrogens with zero attached hydrogens (tertiary/aromatic N) is 2. The molecule has 0 radical (unpaired) electrons. The van der Waals surface area contributed by atoms with Crippen molar-refractivity contribution in [2.45, 2.75) is 62.1 Å². The number of carbonyl (C=O) groups is 1. The summed E-state index contributed by atoms with van der Waals surface area (Å²) >= 11 is 12.7. The molecular weight excluding hydrogens is 507 g/mol. The lowest BCUT2D eigenvalue weighted by molar-refractivity contribution is -0.161. The molecule has 37 heavy (non-hydrogen) atoms. The molecule has 198 valence electrons. The fraction of sp³-hybridized carbons (Fsp3) is 0.567. The number of hydrogen-bond acceptors (Lipinski definition) is 4. The number of fused-ring (bicyclic) bond motifs is 2. The Kier molecular flexibility index (Phi) is 7.04. The van der Waals surface area contributed by atoms with Crippen molar-refractivity contribution in [3.8, 4) is 0 Å². The van der Waals surface area contributed by atoms with Gasteiger partial charge in [-0.05, 0) is 80.4 Å². The highest BCUT2D eigenvalue weighted by Gasteiger charge is 2.48. The zero-order valence-corrected chi connectivity index (χ0v) is 22.8. The molecule has 1 N–H and O–H groups in total. The maximum Gasteiger partial charge on any atom is 0.225 e. The monoisotopic (exact) mass is 542 g/mol. The fourth-order valence-corrected chi connectivity index (χ4v) is 7.32. The van der Waals surface area contributed by atoms with E-state index in [0.717, 1.165) is 70.1 Å². The summed E-state index contributed by atoms with van der Waals surface area (Å²) in [5, 5.41) is 12.1. The number of ether oxygens (including phenoxy) is 1. The molecule has 4 aliphatic rings. The minimum Gasteiger partial charge on any atom is -0.392 e. The number of benzene rings is 2. The molecule has 5 nitrogen and oxygen atoms in total. The van der Waals surface area contributed by atoms with Crippen molar-refractivity contribution in [2.75, 3.05) is 39.3 Å². The van der Waals surface area contributed by atoms with Gasteiger partial charge >= 0.3 is 0 Å². The number of hydrogen-bond donors (Lipinski definition) is 1. The van der Waals surface area contributed by atoms with Crippen molar-refractivity contribution in [1.82, 2.24) is 9.80 Å². The van der Waals surface area contributed by atoms with Gasteiger partial charge in [0.1, 0.15) is 5.60 Å². The molecule has 0 aromatic heterocycles. The maximum atomic E-state index is 13.2. The molecule has 1 amide bonds. The smallest absolute Gasteiger partial charge is 0.225 e. The highest BCUT2D eigenvalue weighted by atomic mass is 35.5. The fourth-order valence-electron chi connectivity index (χ4n) is 7.02. The third-order valence-corrected chi connectivity index (χ3v) is 10.3. The minimum absolute atomic E-state index is 0.123. The predicted octanol–water partition coefficient (Wildman–Crippen LogP) is 5.19. The van der Waals surface area contributed by atoms with E-state index in [-0.39, 0.29) is 23.3 Å². The van der Waals surface area contributed by atoms with Gasteiger partial charge in [0, 0.05) is 24.4 Å². The number of halogens is 2. The maximum absolute atomic E-state index is 13.2. The van der Waals surface area contributed by atoms with E-state index >= 15 is 0 Å². The zero-order valence-electron chi connectivity index (χ0n) is 21.3. The first-order valence-corrected chi connectivity index (χ1v) is 14.5. The summed E-state index contributed by atoms with van der Waals surface area (Å²) < 4.78 is 6.54. The molecule has 2 aliphatic heterocycles. The third kappa shape index (κ3) is 4.61. The number of piperidine rings is 1. The Morgan fingerprint density at radius 3 is 2.57 bits per heavy atom. The van der Waals surface area contributed by atoms with Gasteiger partial charge in [-0.3, -0.25) is 4.79 Å². The SMILES string of the molecule is O=C(C1CCC1)N1CCO[C@](CCN2CCC3(CC2)c2ccccc2CC3O)(c2ccc(Cl)c(Cl)c2)C1. The van der Waals surface area contributed by atoms with Crippen molar-refractivity contribution in [2.24, 2.45) is 5.92 Å². The van der Waals surface area contributed by atoms with Gasteiger partial charge in [-0.2, -0.15) is 0 Å². The van der Waals surface area contributed by atoms with Crippen LogP contribution < -0.4 is 0 Å². The van der Waals surface area contributed by atoms with E-state index in [1.54, 1.807) is 0 Å². The average molecular weight is 544 g/mol. The molecule has 2 heterocycles. The Morgan fingerprint density at radius 2 is 1.84 bits per heavy atom. The van der Waals surface area contributed by atoms with Crippen LogP contribution in [0.1, 0.15) is 55.2 Å². The van der Waals surface area contributed by atoms with Gasteiger partial charge in [-0.15, -0.1) is 0 Å². The van der Waals surface area contributed by atoms with Crippen LogP contribution in [-0.4, -0.2) is 66.2 Å². The molecule has 1 spiro atoms. The van der Waals surface area contributed by atoms with Crippen LogP contribution in [-0.2, 0) is 27.0 Å². The molecule has 1 unspecified atom stereocenters. The van der Waals surface area contributed by atoms with Gasteiger partial charge in [0.2, 0.25) is 5.91 Å². The van der Waals surface area contributed by atoms with Crippen LogP contribution >= 0.6 is 23.2 Å². The highest BCUT2D eigenvalue weighted by molar-refractivity contribution is 6.42. The Hall–Kier alpha value is -1.63. The Bertz CT molecular complexity index is 1160. The summed E-state index contributed by atoms with van der Waals surface area (Å²) in [5.41, 5.74) is 2.90.